The average molecular weight is 489 g/mol. The number of unbranched alkanes of at least 4 members (excludes halogenated alkanes) is 1. The fraction of sp³-hybridized carbons (Fsp3) is 0.560. The first-order valence-corrected chi connectivity index (χ1v) is 12.8. The molecule has 2 unspecified atom stereocenters. The molecule has 0 radical (unpaired) electrons. The van der Waals surface area contributed by atoms with Crippen LogP contribution in [0, 0.1) is 6.92 Å². The summed E-state index contributed by atoms with van der Waals surface area (Å²) in [6.07, 6.45) is 5.12. The van der Waals surface area contributed by atoms with Gasteiger partial charge in [-0.1, -0.05) is 38.5 Å². The second-order valence-electron chi connectivity index (χ2n) is 8.48. The van der Waals surface area contributed by atoms with Gasteiger partial charge in [0.25, 0.3) is 5.91 Å². The molecule has 1 aliphatic rings. The zero-order valence-electron chi connectivity index (χ0n) is 20.8. The van der Waals surface area contributed by atoms with E-state index in [9.17, 15) is 9.59 Å². The molecular formula is C25H36N4O4S. The van der Waals surface area contributed by atoms with Crippen LogP contribution in [0.15, 0.2) is 23.2 Å². The monoisotopic (exact) mass is 488 g/mol. The van der Waals surface area contributed by atoms with Gasteiger partial charge in [0.15, 0.2) is 0 Å². The highest BCUT2D eigenvalue weighted by Crippen LogP contribution is 2.41. The molecule has 8 nitrogen and oxygen atoms in total. The molecule has 2 atom stereocenters. The van der Waals surface area contributed by atoms with Crippen LogP contribution in [0.3, 0.4) is 0 Å². The number of methoxy groups -OCH3 is 2. The molecule has 1 aromatic carbocycles. The van der Waals surface area contributed by atoms with Crippen LogP contribution in [0.4, 0.5) is 5.69 Å². The van der Waals surface area contributed by atoms with E-state index in [-0.39, 0.29) is 17.1 Å². The summed E-state index contributed by atoms with van der Waals surface area (Å²) in [7, 11) is 3.09. The Hall–Kier alpha value is -2.52. The molecule has 9 heteroatoms. The molecule has 34 heavy (non-hydrogen) atoms. The summed E-state index contributed by atoms with van der Waals surface area (Å²) in [5.41, 5.74) is 3.20. The molecule has 1 aromatic heterocycles. The van der Waals surface area contributed by atoms with Crippen LogP contribution in [-0.2, 0) is 16.0 Å². The largest absolute Gasteiger partial charge is 0.496 e. The Morgan fingerprint density at radius 2 is 2.09 bits per heavy atom. The third-order valence-electron chi connectivity index (χ3n) is 6.11. The molecule has 2 amide bonds. The number of aromatic nitrogens is 2. The van der Waals surface area contributed by atoms with Crippen LogP contribution in [-0.4, -0.2) is 54.2 Å². The average Bonchev–Trinajstić information content (AvgIpc) is 3.40. The molecule has 186 valence electrons. The third kappa shape index (κ3) is 5.93. The van der Waals surface area contributed by atoms with Gasteiger partial charge in [0.1, 0.15) is 5.75 Å². The lowest BCUT2D eigenvalue weighted by Crippen LogP contribution is -2.27. The van der Waals surface area contributed by atoms with Gasteiger partial charge in [-0.3, -0.25) is 14.3 Å². The second-order valence-corrected chi connectivity index (χ2v) is 9.67. The molecule has 0 spiro atoms. The summed E-state index contributed by atoms with van der Waals surface area (Å²) in [5.74, 6) is 0.0959. The zero-order valence-corrected chi connectivity index (χ0v) is 21.6. The first-order valence-electron chi connectivity index (χ1n) is 11.9. The SMILES string of the molecule is CCCCC(CC)n1nc(C)c2c1SC(C(=O)Nc1ccc(C(=O)NCCOC)c(OC)c1)C2. The van der Waals surface area contributed by atoms with Gasteiger partial charge in [0.05, 0.1) is 41.3 Å². The van der Waals surface area contributed by atoms with Crippen molar-refractivity contribution < 1.29 is 19.1 Å². The van der Waals surface area contributed by atoms with Gasteiger partial charge >= 0.3 is 0 Å². The molecule has 2 N–H and O–H groups in total. The number of carbonyl (C=O) groups excluding carboxylic acids is 2. The highest BCUT2D eigenvalue weighted by Gasteiger charge is 2.34. The van der Waals surface area contributed by atoms with Gasteiger partial charge in [-0.25, -0.2) is 0 Å². The molecule has 1 aliphatic heterocycles. The standard InChI is InChI=1S/C25H36N4O4S/c1-6-8-9-18(7-2)29-25-20(16(3)28-29)15-22(34-25)24(31)27-17-10-11-19(21(14-17)33-5)23(30)26-12-13-32-4/h10-11,14,18,22H,6-9,12-13,15H2,1-5H3,(H,26,30)(H,27,31). The van der Waals surface area contributed by atoms with Crippen LogP contribution in [0.1, 0.15) is 67.2 Å². The van der Waals surface area contributed by atoms with Crippen LogP contribution in [0.5, 0.6) is 5.75 Å². The van der Waals surface area contributed by atoms with Gasteiger partial charge in [-0.15, -0.1) is 0 Å². The lowest BCUT2D eigenvalue weighted by atomic mass is 10.1. The van der Waals surface area contributed by atoms with Crippen molar-refractivity contribution in [2.45, 2.75) is 69.2 Å². The van der Waals surface area contributed by atoms with Crippen molar-refractivity contribution in [1.29, 1.82) is 0 Å². The van der Waals surface area contributed by atoms with Gasteiger partial charge in [0.2, 0.25) is 5.91 Å². The highest BCUT2D eigenvalue weighted by atomic mass is 32.2. The smallest absolute Gasteiger partial charge is 0.255 e. The Kier molecular flexibility index (Phi) is 9.41. The first-order chi connectivity index (χ1) is 16.4. The summed E-state index contributed by atoms with van der Waals surface area (Å²) >= 11 is 1.60. The minimum absolute atomic E-state index is 0.0619. The van der Waals surface area contributed by atoms with Crippen molar-refractivity contribution in [1.82, 2.24) is 15.1 Å². The Morgan fingerprint density at radius 3 is 2.76 bits per heavy atom. The molecule has 0 aliphatic carbocycles. The summed E-state index contributed by atoms with van der Waals surface area (Å²) in [6, 6.07) is 5.43. The van der Waals surface area contributed by atoms with E-state index >= 15 is 0 Å². The van der Waals surface area contributed by atoms with E-state index in [0.717, 1.165) is 30.0 Å². The number of nitrogens with zero attached hydrogens (tertiary/aromatic N) is 2. The number of anilines is 1. The highest BCUT2D eigenvalue weighted by molar-refractivity contribution is 8.00. The number of rotatable bonds is 12. The predicted molar refractivity (Wildman–Crippen MR) is 135 cm³/mol. The number of nitrogens with one attached hydrogen (secondary N) is 2. The van der Waals surface area contributed by atoms with E-state index in [0.29, 0.717) is 42.6 Å². The Bertz CT molecular complexity index is 1010. The van der Waals surface area contributed by atoms with E-state index in [1.165, 1.54) is 19.1 Å². The summed E-state index contributed by atoms with van der Waals surface area (Å²) < 4.78 is 12.5. The van der Waals surface area contributed by atoms with Crippen LogP contribution in [0.2, 0.25) is 0 Å². The number of hydrogen-bond donors (Lipinski definition) is 2. The van der Waals surface area contributed by atoms with E-state index < -0.39 is 0 Å². The maximum atomic E-state index is 13.1. The van der Waals surface area contributed by atoms with Crippen molar-refractivity contribution >= 4 is 29.3 Å². The number of fused-ring (bicyclic) bond motifs is 1. The van der Waals surface area contributed by atoms with Crippen molar-refractivity contribution in [3.8, 4) is 5.75 Å². The van der Waals surface area contributed by atoms with E-state index in [1.54, 1.807) is 37.1 Å². The van der Waals surface area contributed by atoms with Gasteiger partial charge in [0, 0.05) is 31.0 Å². The third-order valence-corrected chi connectivity index (χ3v) is 7.43. The molecule has 0 saturated heterocycles. The molecule has 0 fully saturated rings. The zero-order chi connectivity index (χ0) is 24.7. The predicted octanol–water partition coefficient (Wildman–Crippen LogP) is 4.37. The van der Waals surface area contributed by atoms with Crippen molar-refractivity contribution in [3.05, 3.63) is 35.0 Å². The summed E-state index contributed by atoms with van der Waals surface area (Å²) in [4.78, 5) is 25.5. The summed E-state index contributed by atoms with van der Waals surface area (Å²) in [5, 5.41) is 11.5. The lowest BCUT2D eigenvalue weighted by Gasteiger charge is -2.18. The van der Waals surface area contributed by atoms with Gasteiger partial charge < -0.3 is 20.1 Å². The Balaban J connectivity index is 1.69. The van der Waals surface area contributed by atoms with E-state index in [2.05, 4.69) is 29.2 Å². The van der Waals surface area contributed by atoms with Crippen LogP contribution < -0.4 is 15.4 Å². The molecule has 0 bridgehead atoms. The molecule has 2 heterocycles. The number of benzene rings is 1. The van der Waals surface area contributed by atoms with Crippen LogP contribution in [0.25, 0.3) is 0 Å². The van der Waals surface area contributed by atoms with E-state index in [4.69, 9.17) is 14.6 Å². The number of thioether (sulfide) groups is 1. The lowest BCUT2D eigenvalue weighted by molar-refractivity contribution is -0.115. The number of carbonyl (C=O) groups is 2. The first kappa shape index (κ1) is 26.1. The Labute approximate surface area is 206 Å². The van der Waals surface area contributed by atoms with Crippen molar-refractivity contribution in [2.24, 2.45) is 0 Å². The number of hydrogen-bond acceptors (Lipinski definition) is 6. The Morgan fingerprint density at radius 1 is 1.29 bits per heavy atom. The number of ether oxygens (including phenoxy) is 2. The fourth-order valence-electron chi connectivity index (χ4n) is 4.16. The normalized spacial score (nSPS) is 15.6. The van der Waals surface area contributed by atoms with Crippen LogP contribution >= 0.6 is 11.8 Å². The number of amides is 2. The molecular weight excluding hydrogens is 452 g/mol. The van der Waals surface area contributed by atoms with E-state index in [1.807, 2.05) is 6.92 Å². The quantitative estimate of drug-likeness (QED) is 0.431. The minimum Gasteiger partial charge on any atom is -0.496 e. The molecule has 3 rings (SSSR count). The van der Waals surface area contributed by atoms with Gasteiger partial charge in [-0.2, -0.15) is 5.10 Å². The second kappa shape index (κ2) is 12.3. The minimum atomic E-state index is -0.248. The fourth-order valence-corrected chi connectivity index (χ4v) is 5.51. The maximum absolute atomic E-state index is 13.1. The number of aryl methyl sites for hydroxylation is 1. The van der Waals surface area contributed by atoms with Gasteiger partial charge in [-0.05, 0) is 38.3 Å². The van der Waals surface area contributed by atoms with Crippen molar-refractivity contribution in [2.75, 3.05) is 32.7 Å². The molecule has 0 saturated carbocycles. The maximum Gasteiger partial charge on any atom is 0.255 e. The summed E-state index contributed by atoms with van der Waals surface area (Å²) in [6.45, 7) is 7.27. The molecule has 2 aromatic rings. The topological polar surface area (TPSA) is 94.5 Å². The van der Waals surface area contributed by atoms with Crippen molar-refractivity contribution in [3.63, 3.8) is 0 Å².